The van der Waals surface area contributed by atoms with Crippen LogP contribution in [0.4, 0.5) is 0 Å². The average Bonchev–Trinajstić information content (AvgIpc) is 2.47. The van der Waals surface area contributed by atoms with Crippen molar-refractivity contribution >= 4 is 12.6 Å². The van der Waals surface area contributed by atoms with Crippen LogP contribution in [-0.4, -0.2) is 25.8 Å². The predicted molar refractivity (Wildman–Crippen MR) is 76.1 cm³/mol. The van der Waals surface area contributed by atoms with E-state index in [0.29, 0.717) is 24.3 Å². The van der Waals surface area contributed by atoms with Gasteiger partial charge >= 0.3 is 0 Å². The van der Waals surface area contributed by atoms with Crippen LogP contribution in [0.5, 0.6) is 0 Å². The molecule has 0 fully saturated rings. The molecule has 0 radical (unpaired) electrons. The first-order valence-electron chi connectivity index (χ1n) is 6.33. The molecule has 0 aliphatic rings. The summed E-state index contributed by atoms with van der Waals surface area (Å²) in [5.74, 6) is 9.57. The maximum atomic E-state index is 10.3. The van der Waals surface area contributed by atoms with E-state index in [2.05, 4.69) is 9.68 Å². The van der Waals surface area contributed by atoms with Crippen molar-refractivity contribution in [2.75, 3.05) is 13.2 Å². The summed E-state index contributed by atoms with van der Waals surface area (Å²) in [6.45, 7) is 3.08. The average molecular weight is 282 g/mol. The molecule has 4 N–H and O–H groups in total. The summed E-state index contributed by atoms with van der Waals surface area (Å²) in [5, 5.41) is 0. The number of hydrogen-bond donors (Lipinski definition) is 2. The molecule has 0 aliphatic heterocycles. The number of hydrogen-bond acceptors (Lipinski definition) is 6. The van der Waals surface area contributed by atoms with E-state index in [0.717, 1.165) is 37.4 Å². The lowest BCUT2D eigenvalue weighted by atomic mass is 10.1. The molecule has 1 aromatic carbocycles. The minimum atomic E-state index is 0.548. The van der Waals surface area contributed by atoms with E-state index in [4.69, 9.17) is 11.8 Å². The molecule has 0 amide bonds. The molecule has 112 valence electrons. The third-order valence-corrected chi connectivity index (χ3v) is 2.42. The van der Waals surface area contributed by atoms with Crippen LogP contribution in [0.2, 0.25) is 0 Å². The molecule has 0 bridgehead atoms. The van der Waals surface area contributed by atoms with Gasteiger partial charge in [-0.3, -0.25) is 9.59 Å². The number of carbonyl (C=O) groups is 2. The molecule has 1 aromatic rings. The fourth-order valence-corrected chi connectivity index (χ4v) is 1.53. The van der Waals surface area contributed by atoms with Crippen LogP contribution >= 0.6 is 0 Å². The Hall–Kier alpha value is -1.60. The Morgan fingerprint density at radius 2 is 1.35 bits per heavy atom. The number of carbonyl (C=O) groups excluding carboxylic acids is 2. The van der Waals surface area contributed by atoms with E-state index < -0.39 is 0 Å². The number of aldehydes is 2. The van der Waals surface area contributed by atoms with Crippen molar-refractivity contribution in [3.05, 3.63) is 34.9 Å². The molecular formula is C14H22N2O4. The Morgan fingerprint density at radius 1 is 0.900 bits per heavy atom. The van der Waals surface area contributed by atoms with Crippen LogP contribution in [0.1, 0.15) is 45.5 Å². The first-order chi connectivity index (χ1) is 9.67. The Morgan fingerprint density at radius 3 is 1.70 bits per heavy atom. The molecule has 6 heteroatoms. The number of unbranched alkanes of at least 4 members (excludes halogenated alkanes) is 2. The highest BCUT2D eigenvalue weighted by atomic mass is 16.6. The second-order valence-corrected chi connectivity index (χ2v) is 4.21. The number of nitrogens with two attached hydrogens (primary N) is 2. The largest absolute Gasteiger partial charge is 0.305 e. The van der Waals surface area contributed by atoms with E-state index in [-0.39, 0.29) is 0 Å². The van der Waals surface area contributed by atoms with Gasteiger partial charge in [-0.05, 0) is 49.9 Å². The Kier molecular flexibility index (Phi) is 11.4. The molecule has 0 unspecified atom stereocenters. The van der Waals surface area contributed by atoms with E-state index in [1.807, 2.05) is 6.92 Å². The van der Waals surface area contributed by atoms with Crippen LogP contribution in [-0.2, 0) is 9.68 Å². The van der Waals surface area contributed by atoms with Crippen LogP contribution in [0, 0.1) is 6.92 Å². The summed E-state index contributed by atoms with van der Waals surface area (Å²) in [6.07, 6.45) is 4.47. The summed E-state index contributed by atoms with van der Waals surface area (Å²) < 4.78 is 0. The third kappa shape index (κ3) is 9.35. The first kappa shape index (κ1) is 18.4. The van der Waals surface area contributed by atoms with E-state index in [9.17, 15) is 9.59 Å². The van der Waals surface area contributed by atoms with Gasteiger partial charge in [0.1, 0.15) is 12.6 Å². The molecule has 0 spiro atoms. The normalized spacial score (nSPS) is 9.55. The van der Waals surface area contributed by atoms with Crippen molar-refractivity contribution in [1.82, 2.24) is 0 Å². The van der Waals surface area contributed by atoms with Crippen LogP contribution < -0.4 is 11.8 Å². The van der Waals surface area contributed by atoms with Gasteiger partial charge in [0.2, 0.25) is 0 Å². The van der Waals surface area contributed by atoms with Crippen molar-refractivity contribution < 1.29 is 19.3 Å². The highest BCUT2D eigenvalue weighted by Gasteiger charge is 1.95. The van der Waals surface area contributed by atoms with Crippen molar-refractivity contribution in [2.24, 2.45) is 11.8 Å². The van der Waals surface area contributed by atoms with Gasteiger partial charge in [0.15, 0.2) is 0 Å². The fourth-order valence-electron chi connectivity index (χ4n) is 1.53. The lowest BCUT2D eigenvalue weighted by molar-refractivity contribution is 0.112. The molecule has 6 nitrogen and oxygen atoms in total. The predicted octanol–water partition coefficient (Wildman–Crippen LogP) is 1.56. The van der Waals surface area contributed by atoms with Crippen LogP contribution in [0.3, 0.4) is 0 Å². The smallest absolute Gasteiger partial charge is 0.150 e. The molecule has 0 saturated carbocycles. The van der Waals surface area contributed by atoms with Gasteiger partial charge in [0.05, 0.1) is 13.2 Å². The minimum absolute atomic E-state index is 0.548. The zero-order chi connectivity index (χ0) is 15.2. The zero-order valence-corrected chi connectivity index (χ0v) is 11.7. The number of aryl methyl sites for hydroxylation is 1. The van der Waals surface area contributed by atoms with Crippen molar-refractivity contribution in [3.63, 3.8) is 0 Å². The number of benzene rings is 1. The van der Waals surface area contributed by atoms with Gasteiger partial charge in [-0.1, -0.05) is 0 Å². The molecule has 0 aliphatic carbocycles. The van der Waals surface area contributed by atoms with Gasteiger partial charge in [0, 0.05) is 11.1 Å². The molecule has 1 rings (SSSR count). The van der Waals surface area contributed by atoms with Crippen molar-refractivity contribution in [2.45, 2.75) is 26.2 Å². The zero-order valence-electron chi connectivity index (χ0n) is 11.7. The molecule has 0 atom stereocenters. The summed E-state index contributed by atoms with van der Waals surface area (Å²) >= 11 is 0. The topological polar surface area (TPSA) is 105 Å². The lowest BCUT2D eigenvalue weighted by Crippen LogP contribution is -2.03. The minimum Gasteiger partial charge on any atom is -0.305 e. The van der Waals surface area contributed by atoms with Gasteiger partial charge in [0.25, 0.3) is 0 Å². The van der Waals surface area contributed by atoms with Gasteiger partial charge in [-0.25, -0.2) is 11.8 Å². The molecule has 0 heterocycles. The summed E-state index contributed by atoms with van der Waals surface area (Å²) in [5.41, 5.74) is 2.02. The van der Waals surface area contributed by atoms with Gasteiger partial charge < -0.3 is 9.68 Å². The summed E-state index contributed by atoms with van der Waals surface area (Å²) in [7, 11) is 0. The van der Waals surface area contributed by atoms with Gasteiger partial charge in [-0.2, -0.15) is 0 Å². The second kappa shape index (κ2) is 12.4. The number of rotatable bonds is 8. The van der Waals surface area contributed by atoms with E-state index in [1.54, 1.807) is 18.2 Å². The first-order valence-corrected chi connectivity index (χ1v) is 6.33. The summed E-state index contributed by atoms with van der Waals surface area (Å²) in [6, 6.07) is 5.03. The fraction of sp³-hybridized carbons (Fsp3) is 0.429. The van der Waals surface area contributed by atoms with Crippen LogP contribution in [0.15, 0.2) is 18.2 Å². The molecule has 0 aromatic heterocycles. The summed E-state index contributed by atoms with van der Waals surface area (Å²) in [4.78, 5) is 29.3. The highest BCUT2D eigenvalue weighted by molar-refractivity contribution is 5.82. The third-order valence-electron chi connectivity index (χ3n) is 2.42. The van der Waals surface area contributed by atoms with E-state index >= 15 is 0 Å². The molecule has 0 saturated heterocycles. The molecular weight excluding hydrogens is 260 g/mol. The van der Waals surface area contributed by atoms with E-state index in [1.165, 1.54) is 0 Å². The monoisotopic (exact) mass is 282 g/mol. The Balaban J connectivity index is 0.000000370. The van der Waals surface area contributed by atoms with Gasteiger partial charge in [-0.15, -0.1) is 0 Å². The Labute approximate surface area is 118 Å². The SMILES string of the molecule is Cc1cc(C=O)cc(C=O)c1.NOCCCCCON. The molecule has 20 heavy (non-hydrogen) atoms. The maximum absolute atomic E-state index is 10.3. The highest BCUT2D eigenvalue weighted by Crippen LogP contribution is 2.05. The second-order valence-electron chi connectivity index (χ2n) is 4.21. The standard InChI is InChI=1S/C9H8O2.C5H14N2O2/c1-7-2-8(5-10)4-9(3-7)6-11;6-8-4-2-1-3-5-9-7/h2-6H,1H3;1-7H2. The maximum Gasteiger partial charge on any atom is 0.150 e. The van der Waals surface area contributed by atoms with Crippen molar-refractivity contribution in [1.29, 1.82) is 0 Å². The van der Waals surface area contributed by atoms with Crippen molar-refractivity contribution in [3.8, 4) is 0 Å². The quantitative estimate of drug-likeness (QED) is 0.426. The van der Waals surface area contributed by atoms with Crippen LogP contribution in [0.25, 0.3) is 0 Å². The lowest BCUT2D eigenvalue weighted by Gasteiger charge is -1.97. The Bertz CT molecular complexity index is 365.